The first kappa shape index (κ1) is 25.0. The number of halogens is 1. The van der Waals surface area contributed by atoms with Crippen molar-refractivity contribution in [2.24, 2.45) is 0 Å². The zero-order valence-corrected chi connectivity index (χ0v) is 21.5. The van der Waals surface area contributed by atoms with Gasteiger partial charge in [0.15, 0.2) is 11.5 Å². The highest BCUT2D eigenvalue weighted by Crippen LogP contribution is 2.36. The number of hydrogen-bond donors (Lipinski definition) is 1. The fourth-order valence-electron chi connectivity index (χ4n) is 4.50. The van der Waals surface area contributed by atoms with Crippen molar-refractivity contribution in [2.45, 2.75) is 58.6 Å². The van der Waals surface area contributed by atoms with E-state index in [-0.39, 0.29) is 11.6 Å². The predicted octanol–water partition coefficient (Wildman–Crippen LogP) is 5.53. The van der Waals surface area contributed by atoms with E-state index in [0.717, 1.165) is 43.2 Å². The lowest BCUT2D eigenvalue weighted by atomic mass is 9.93. The van der Waals surface area contributed by atoms with Crippen LogP contribution in [0, 0.1) is 6.92 Å². The molecule has 2 aliphatic rings. The van der Waals surface area contributed by atoms with Crippen molar-refractivity contribution in [2.75, 3.05) is 6.61 Å². The van der Waals surface area contributed by atoms with E-state index in [9.17, 15) is 14.4 Å². The lowest BCUT2D eigenvalue weighted by Crippen LogP contribution is -2.58. The van der Waals surface area contributed by atoms with E-state index in [1.165, 1.54) is 11.0 Å². The van der Waals surface area contributed by atoms with Crippen molar-refractivity contribution < 1.29 is 23.9 Å². The standard InChI is InChI=1S/C27H29BrN2O5/c1-3-34-23-14-19(22(28)15-24(23)35-16-18-9-7-8-17(2)12-18)13-21-25(31)29-27(33)30(26(21)32)20-10-5-4-6-11-20/h7-9,12-15,20H,3-6,10-11,16H2,1-2H3,(H,29,31,33). The maximum atomic E-state index is 13.2. The van der Waals surface area contributed by atoms with E-state index in [1.54, 1.807) is 12.1 Å². The smallest absolute Gasteiger partial charge is 0.331 e. The number of hydrogen-bond acceptors (Lipinski definition) is 5. The van der Waals surface area contributed by atoms with Gasteiger partial charge >= 0.3 is 6.03 Å². The largest absolute Gasteiger partial charge is 0.490 e. The van der Waals surface area contributed by atoms with Crippen molar-refractivity contribution in [1.82, 2.24) is 10.2 Å². The van der Waals surface area contributed by atoms with E-state index in [2.05, 4.69) is 27.3 Å². The fourth-order valence-corrected chi connectivity index (χ4v) is 4.94. The highest BCUT2D eigenvalue weighted by Gasteiger charge is 2.40. The molecule has 1 saturated carbocycles. The predicted molar refractivity (Wildman–Crippen MR) is 136 cm³/mol. The number of aryl methyl sites for hydroxylation is 1. The van der Waals surface area contributed by atoms with Crippen LogP contribution in [0.1, 0.15) is 55.7 Å². The van der Waals surface area contributed by atoms with Crippen LogP contribution in [-0.4, -0.2) is 35.4 Å². The van der Waals surface area contributed by atoms with Gasteiger partial charge in [0.05, 0.1) is 6.61 Å². The molecule has 0 atom stereocenters. The van der Waals surface area contributed by atoms with Crippen LogP contribution in [0.15, 0.2) is 46.4 Å². The minimum Gasteiger partial charge on any atom is -0.490 e. The first-order valence-electron chi connectivity index (χ1n) is 11.9. The van der Waals surface area contributed by atoms with Crippen LogP contribution < -0.4 is 14.8 Å². The Morgan fingerprint density at radius 2 is 1.80 bits per heavy atom. The summed E-state index contributed by atoms with van der Waals surface area (Å²) in [5, 5.41) is 2.33. The second-order valence-electron chi connectivity index (χ2n) is 8.82. The second-order valence-corrected chi connectivity index (χ2v) is 9.67. The molecule has 1 aliphatic heterocycles. The molecule has 2 aromatic carbocycles. The average Bonchev–Trinajstić information content (AvgIpc) is 2.83. The lowest BCUT2D eigenvalue weighted by Gasteiger charge is -2.35. The van der Waals surface area contributed by atoms with E-state index < -0.39 is 17.8 Å². The number of ether oxygens (including phenoxy) is 2. The van der Waals surface area contributed by atoms with Gasteiger partial charge in [-0.15, -0.1) is 0 Å². The molecule has 8 heteroatoms. The Morgan fingerprint density at radius 3 is 2.51 bits per heavy atom. The number of benzene rings is 2. The molecule has 1 saturated heterocycles. The van der Waals surface area contributed by atoms with Crippen molar-refractivity contribution in [1.29, 1.82) is 0 Å². The molecule has 4 amide bonds. The van der Waals surface area contributed by atoms with E-state index in [0.29, 0.717) is 34.7 Å². The van der Waals surface area contributed by atoms with E-state index in [1.807, 2.05) is 32.0 Å². The molecule has 2 aromatic rings. The third-order valence-electron chi connectivity index (χ3n) is 6.21. The number of nitrogens with one attached hydrogen (secondary N) is 1. The summed E-state index contributed by atoms with van der Waals surface area (Å²) in [4.78, 5) is 39.5. The SMILES string of the molecule is CCOc1cc(C=C2C(=O)NC(=O)N(C3CCCCC3)C2=O)c(Br)cc1OCc1cccc(C)c1. The number of amides is 4. The summed E-state index contributed by atoms with van der Waals surface area (Å²) in [5.74, 6) is -0.216. The molecule has 1 aliphatic carbocycles. The molecular formula is C27H29BrN2O5. The monoisotopic (exact) mass is 540 g/mol. The highest BCUT2D eigenvalue weighted by atomic mass is 79.9. The van der Waals surface area contributed by atoms with Gasteiger partial charge in [-0.25, -0.2) is 4.79 Å². The normalized spacial score (nSPS) is 18.1. The number of carbonyl (C=O) groups excluding carboxylic acids is 3. The zero-order chi connectivity index (χ0) is 24.9. The van der Waals surface area contributed by atoms with Crippen LogP contribution in [0.2, 0.25) is 0 Å². The summed E-state index contributed by atoms with van der Waals surface area (Å²) in [6.07, 6.45) is 6.02. The molecule has 2 fully saturated rings. The Balaban J connectivity index is 1.62. The number of nitrogens with zero attached hydrogens (tertiary/aromatic N) is 1. The minimum atomic E-state index is -0.698. The summed E-state index contributed by atoms with van der Waals surface area (Å²) >= 11 is 3.54. The Kier molecular flexibility index (Phi) is 7.90. The number of carbonyl (C=O) groups is 3. The Morgan fingerprint density at radius 1 is 1.06 bits per heavy atom. The topological polar surface area (TPSA) is 84.9 Å². The molecule has 0 aromatic heterocycles. The minimum absolute atomic E-state index is 0.0771. The lowest BCUT2D eigenvalue weighted by molar-refractivity contribution is -0.132. The fraction of sp³-hybridized carbons (Fsp3) is 0.370. The Bertz CT molecular complexity index is 1170. The van der Waals surface area contributed by atoms with Crippen molar-refractivity contribution in [3.63, 3.8) is 0 Å². The van der Waals surface area contributed by atoms with Crippen LogP contribution in [0.5, 0.6) is 11.5 Å². The van der Waals surface area contributed by atoms with Gasteiger partial charge < -0.3 is 9.47 Å². The summed E-state index contributed by atoms with van der Waals surface area (Å²) in [6, 6.07) is 10.7. The third kappa shape index (κ3) is 5.75. The summed E-state index contributed by atoms with van der Waals surface area (Å²) < 4.78 is 12.5. The highest BCUT2D eigenvalue weighted by molar-refractivity contribution is 9.10. The van der Waals surface area contributed by atoms with Gasteiger partial charge in [-0.05, 0) is 56.0 Å². The number of rotatable bonds is 7. The summed E-state index contributed by atoms with van der Waals surface area (Å²) in [7, 11) is 0. The maximum Gasteiger partial charge on any atom is 0.331 e. The Hall–Kier alpha value is -3.13. The molecule has 0 spiro atoms. The first-order valence-corrected chi connectivity index (χ1v) is 12.7. The molecular weight excluding hydrogens is 512 g/mol. The summed E-state index contributed by atoms with van der Waals surface area (Å²) in [5.41, 5.74) is 2.68. The third-order valence-corrected chi connectivity index (χ3v) is 6.90. The van der Waals surface area contributed by atoms with Gasteiger partial charge in [0.2, 0.25) is 0 Å². The van der Waals surface area contributed by atoms with Crippen LogP contribution in [0.3, 0.4) is 0 Å². The van der Waals surface area contributed by atoms with Crippen LogP contribution in [0.25, 0.3) is 6.08 Å². The molecule has 4 rings (SSSR count). The molecule has 1 N–H and O–H groups in total. The van der Waals surface area contributed by atoms with Gasteiger partial charge in [0, 0.05) is 10.5 Å². The molecule has 1 heterocycles. The van der Waals surface area contributed by atoms with Gasteiger partial charge in [-0.2, -0.15) is 0 Å². The van der Waals surface area contributed by atoms with Crippen LogP contribution >= 0.6 is 15.9 Å². The number of barbiturate groups is 1. The average molecular weight is 541 g/mol. The van der Waals surface area contributed by atoms with E-state index in [4.69, 9.17) is 9.47 Å². The maximum absolute atomic E-state index is 13.2. The molecule has 0 unspecified atom stereocenters. The molecule has 0 radical (unpaired) electrons. The van der Waals surface area contributed by atoms with Gasteiger partial charge in [-0.1, -0.05) is 65.0 Å². The van der Waals surface area contributed by atoms with Crippen LogP contribution in [-0.2, 0) is 16.2 Å². The van der Waals surface area contributed by atoms with Gasteiger partial charge in [-0.3, -0.25) is 19.8 Å². The molecule has 7 nitrogen and oxygen atoms in total. The molecule has 35 heavy (non-hydrogen) atoms. The van der Waals surface area contributed by atoms with Crippen molar-refractivity contribution in [3.05, 3.63) is 63.1 Å². The zero-order valence-electron chi connectivity index (χ0n) is 19.9. The quantitative estimate of drug-likeness (QED) is 0.368. The van der Waals surface area contributed by atoms with E-state index >= 15 is 0 Å². The van der Waals surface area contributed by atoms with Gasteiger partial charge in [0.1, 0.15) is 12.2 Å². The van der Waals surface area contributed by atoms with Crippen LogP contribution in [0.4, 0.5) is 4.79 Å². The first-order chi connectivity index (χ1) is 16.9. The Labute approximate surface area is 213 Å². The molecule has 0 bridgehead atoms. The second kappa shape index (κ2) is 11.1. The van der Waals surface area contributed by atoms with Gasteiger partial charge in [0.25, 0.3) is 11.8 Å². The van der Waals surface area contributed by atoms with Crippen molar-refractivity contribution in [3.8, 4) is 11.5 Å². The number of imide groups is 2. The molecule has 184 valence electrons. The summed E-state index contributed by atoms with van der Waals surface area (Å²) in [6.45, 7) is 4.69. The number of urea groups is 1. The van der Waals surface area contributed by atoms with Crippen molar-refractivity contribution >= 4 is 39.9 Å².